The third-order valence-corrected chi connectivity index (χ3v) is 2.79. The lowest BCUT2D eigenvalue weighted by molar-refractivity contribution is 0.374. The molecule has 0 fully saturated rings. The van der Waals surface area contributed by atoms with Crippen molar-refractivity contribution in [2.24, 2.45) is 0 Å². The van der Waals surface area contributed by atoms with E-state index in [-0.39, 0.29) is 5.54 Å². The Labute approximate surface area is 86.8 Å². The van der Waals surface area contributed by atoms with Crippen molar-refractivity contribution in [1.29, 1.82) is 0 Å². The molecule has 0 aromatic carbocycles. The van der Waals surface area contributed by atoms with Gasteiger partial charge in [-0.2, -0.15) is 0 Å². The molecule has 1 aromatic rings. The second-order valence-electron chi connectivity index (χ2n) is 4.39. The number of hydrogen-bond donors (Lipinski definition) is 1. The van der Waals surface area contributed by atoms with Crippen molar-refractivity contribution in [2.45, 2.75) is 46.2 Å². The van der Waals surface area contributed by atoms with Crippen molar-refractivity contribution in [3.05, 3.63) is 29.6 Å². The Balaban J connectivity index is 2.58. The van der Waals surface area contributed by atoms with Gasteiger partial charge >= 0.3 is 0 Å². The molecule has 78 valence electrons. The Morgan fingerprint density at radius 1 is 1.43 bits per heavy atom. The summed E-state index contributed by atoms with van der Waals surface area (Å²) in [6.07, 6.45) is 4.91. The van der Waals surface area contributed by atoms with Crippen molar-refractivity contribution in [1.82, 2.24) is 10.3 Å². The van der Waals surface area contributed by atoms with Crippen LogP contribution >= 0.6 is 0 Å². The van der Waals surface area contributed by atoms with E-state index in [1.165, 1.54) is 11.1 Å². The lowest BCUT2D eigenvalue weighted by Crippen LogP contribution is -2.37. The molecule has 0 aliphatic heterocycles. The molecule has 0 aliphatic carbocycles. The van der Waals surface area contributed by atoms with Crippen LogP contribution in [-0.4, -0.2) is 10.5 Å². The van der Waals surface area contributed by atoms with Gasteiger partial charge in [0, 0.05) is 24.5 Å². The molecule has 2 nitrogen and oxygen atoms in total. The van der Waals surface area contributed by atoms with Gasteiger partial charge < -0.3 is 5.32 Å². The van der Waals surface area contributed by atoms with E-state index in [0.29, 0.717) is 0 Å². The lowest BCUT2D eigenvalue weighted by atomic mass is 10.0. The summed E-state index contributed by atoms with van der Waals surface area (Å²) in [5.41, 5.74) is 2.80. The molecule has 0 atom stereocenters. The summed E-state index contributed by atoms with van der Waals surface area (Å²) >= 11 is 0. The largest absolute Gasteiger partial charge is 0.308 e. The Kier molecular flexibility index (Phi) is 3.64. The zero-order chi connectivity index (χ0) is 10.6. The van der Waals surface area contributed by atoms with Crippen LogP contribution in [0.4, 0.5) is 0 Å². The highest BCUT2D eigenvalue weighted by Gasteiger charge is 2.13. The van der Waals surface area contributed by atoms with Gasteiger partial charge in [0.25, 0.3) is 0 Å². The van der Waals surface area contributed by atoms with Gasteiger partial charge in [-0.05, 0) is 44.4 Å². The maximum Gasteiger partial charge on any atom is 0.0315 e. The number of nitrogens with one attached hydrogen (secondary N) is 1. The van der Waals surface area contributed by atoms with E-state index < -0.39 is 0 Å². The second kappa shape index (κ2) is 4.56. The monoisotopic (exact) mass is 192 g/mol. The maximum absolute atomic E-state index is 4.13. The fraction of sp³-hybridized carbons (Fsp3) is 0.583. The van der Waals surface area contributed by atoms with Crippen LogP contribution in [0.15, 0.2) is 18.5 Å². The standard InChI is InChI=1S/C12H20N2/c1-5-12(3,4)14-9-11-8-13-7-6-10(11)2/h6-8,14H,5,9H2,1-4H3. The molecule has 2 heteroatoms. The number of rotatable bonds is 4. The van der Waals surface area contributed by atoms with Crippen LogP contribution in [0.25, 0.3) is 0 Å². The Bertz CT molecular complexity index is 292. The predicted octanol–water partition coefficient (Wildman–Crippen LogP) is 2.67. The Hall–Kier alpha value is -0.890. The molecule has 0 saturated heterocycles. The molecule has 0 amide bonds. The van der Waals surface area contributed by atoms with Gasteiger partial charge in [0.05, 0.1) is 0 Å². The quantitative estimate of drug-likeness (QED) is 0.793. The summed E-state index contributed by atoms with van der Waals surface area (Å²) in [5, 5.41) is 3.53. The summed E-state index contributed by atoms with van der Waals surface area (Å²) in [6, 6.07) is 2.05. The number of pyridine rings is 1. The van der Waals surface area contributed by atoms with Gasteiger partial charge in [-0.25, -0.2) is 0 Å². The van der Waals surface area contributed by atoms with Gasteiger partial charge in [0.2, 0.25) is 0 Å². The number of aromatic nitrogens is 1. The minimum Gasteiger partial charge on any atom is -0.308 e. The van der Waals surface area contributed by atoms with Crippen molar-refractivity contribution in [3.63, 3.8) is 0 Å². The first-order valence-electron chi connectivity index (χ1n) is 5.19. The SMILES string of the molecule is CCC(C)(C)NCc1cnccc1C. The van der Waals surface area contributed by atoms with Crippen LogP contribution in [0.3, 0.4) is 0 Å². The van der Waals surface area contributed by atoms with Crippen LogP contribution in [0, 0.1) is 6.92 Å². The third kappa shape index (κ3) is 3.11. The van der Waals surface area contributed by atoms with E-state index in [1.54, 1.807) is 0 Å². The minimum absolute atomic E-state index is 0.211. The first-order valence-corrected chi connectivity index (χ1v) is 5.19. The molecule has 0 saturated carbocycles. The van der Waals surface area contributed by atoms with Crippen LogP contribution in [0.1, 0.15) is 38.3 Å². The second-order valence-corrected chi connectivity index (χ2v) is 4.39. The summed E-state index contributed by atoms with van der Waals surface area (Å²) in [7, 11) is 0. The Morgan fingerprint density at radius 2 is 2.14 bits per heavy atom. The molecule has 14 heavy (non-hydrogen) atoms. The minimum atomic E-state index is 0.211. The molecule has 0 unspecified atom stereocenters. The zero-order valence-corrected chi connectivity index (χ0v) is 9.59. The fourth-order valence-electron chi connectivity index (χ4n) is 1.14. The smallest absolute Gasteiger partial charge is 0.0315 e. The highest BCUT2D eigenvalue weighted by Crippen LogP contribution is 2.10. The molecular formula is C12H20N2. The highest BCUT2D eigenvalue weighted by atomic mass is 14.9. The average Bonchev–Trinajstić information content (AvgIpc) is 2.17. The van der Waals surface area contributed by atoms with Gasteiger partial charge in [-0.15, -0.1) is 0 Å². The molecule has 1 heterocycles. The molecule has 0 bridgehead atoms. The van der Waals surface area contributed by atoms with E-state index in [1.807, 2.05) is 12.4 Å². The molecule has 1 N–H and O–H groups in total. The van der Waals surface area contributed by atoms with Gasteiger partial charge in [-0.3, -0.25) is 4.98 Å². The third-order valence-electron chi connectivity index (χ3n) is 2.79. The lowest BCUT2D eigenvalue weighted by Gasteiger charge is -2.24. The summed E-state index contributed by atoms with van der Waals surface area (Å²) in [4.78, 5) is 4.13. The maximum atomic E-state index is 4.13. The van der Waals surface area contributed by atoms with Crippen LogP contribution < -0.4 is 5.32 Å². The summed E-state index contributed by atoms with van der Waals surface area (Å²) < 4.78 is 0. The molecule has 1 aromatic heterocycles. The van der Waals surface area contributed by atoms with Crippen molar-refractivity contribution in [3.8, 4) is 0 Å². The van der Waals surface area contributed by atoms with E-state index in [2.05, 4.69) is 44.1 Å². The predicted molar refractivity (Wildman–Crippen MR) is 60.2 cm³/mol. The van der Waals surface area contributed by atoms with Gasteiger partial charge in [-0.1, -0.05) is 6.92 Å². The fourth-order valence-corrected chi connectivity index (χ4v) is 1.14. The van der Waals surface area contributed by atoms with Crippen molar-refractivity contribution >= 4 is 0 Å². The van der Waals surface area contributed by atoms with Crippen LogP contribution in [0.5, 0.6) is 0 Å². The van der Waals surface area contributed by atoms with E-state index in [0.717, 1.165) is 13.0 Å². The summed E-state index contributed by atoms with van der Waals surface area (Å²) in [6.45, 7) is 9.67. The highest BCUT2D eigenvalue weighted by molar-refractivity contribution is 5.21. The van der Waals surface area contributed by atoms with Crippen molar-refractivity contribution in [2.75, 3.05) is 0 Å². The van der Waals surface area contributed by atoms with Crippen molar-refractivity contribution < 1.29 is 0 Å². The number of hydrogen-bond acceptors (Lipinski definition) is 2. The number of aryl methyl sites for hydroxylation is 1. The normalized spacial score (nSPS) is 11.7. The van der Waals surface area contributed by atoms with E-state index >= 15 is 0 Å². The summed E-state index contributed by atoms with van der Waals surface area (Å²) in [5.74, 6) is 0. The molecular weight excluding hydrogens is 172 g/mol. The Morgan fingerprint density at radius 3 is 2.71 bits per heavy atom. The van der Waals surface area contributed by atoms with E-state index in [9.17, 15) is 0 Å². The molecule has 0 radical (unpaired) electrons. The van der Waals surface area contributed by atoms with Crippen LogP contribution in [-0.2, 0) is 6.54 Å². The first-order chi connectivity index (χ1) is 6.55. The molecule has 0 spiro atoms. The van der Waals surface area contributed by atoms with Gasteiger partial charge in [0.1, 0.15) is 0 Å². The average molecular weight is 192 g/mol. The zero-order valence-electron chi connectivity index (χ0n) is 9.59. The first kappa shape index (κ1) is 11.2. The topological polar surface area (TPSA) is 24.9 Å². The molecule has 0 aliphatic rings. The van der Waals surface area contributed by atoms with Crippen LogP contribution in [0.2, 0.25) is 0 Å². The van der Waals surface area contributed by atoms with E-state index in [4.69, 9.17) is 0 Å². The van der Waals surface area contributed by atoms with Gasteiger partial charge in [0.15, 0.2) is 0 Å². The number of nitrogens with zero attached hydrogens (tertiary/aromatic N) is 1. The molecule has 1 rings (SSSR count).